The van der Waals surface area contributed by atoms with Crippen LogP contribution in [0.2, 0.25) is 0 Å². The van der Waals surface area contributed by atoms with Crippen LogP contribution in [0, 0.1) is 6.92 Å². The molecule has 0 saturated heterocycles. The highest BCUT2D eigenvalue weighted by Crippen LogP contribution is 2.30. The Labute approximate surface area is 117 Å². The highest BCUT2D eigenvalue weighted by molar-refractivity contribution is 7.17. The molecule has 1 aliphatic rings. The first kappa shape index (κ1) is 12.8. The molecule has 0 aliphatic heterocycles. The van der Waals surface area contributed by atoms with Crippen LogP contribution < -0.4 is 5.32 Å². The molecule has 3 rings (SSSR count). The van der Waals surface area contributed by atoms with E-state index in [9.17, 15) is 0 Å². The monoisotopic (exact) mass is 277 g/mol. The van der Waals surface area contributed by atoms with Crippen molar-refractivity contribution in [1.82, 2.24) is 9.97 Å². The summed E-state index contributed by atoms with van der Waals surface area (Å²) in [6.45, 7) is 2.12. The van der Waals surface area contributed by atoms with E-state index in [4.69, 9.17) is 4.74 Å². The summed E-state index contributed by atoms with van der Waals surface area (Å²) in [5.41, 5.74) is 1.26. The molecule has 0 spiro atoms. The van der Waals surface area contributed by atoms with Gasteiger partial charge in [-0.15, -0.1) is 11.3 Å². The Hall–Kier alpha value is -1.20. The highest BCUT2D eigenvalue weighted by atomic mass is 32.1. The number of fused-ring (bicyclic) bond motifs is 1. The maximum atomic E-state index is 5.41. The van der Waals surface area contributed by atoms with Gasteiger partial charge < -0.3 is 10.1 Å². The molecule has 1 aliphatic carbocycles. The van der Waals surface area contributed by atoms with E-state index in [1.165, 1.54) is 10.9 Å². The van der Waals surface area contributed by atoms with Crippen LogP contribution in [0.25, 0.3) is 10.2 Å². The fourth-order valence-electron chi connectivity index (χ4n) is 2.76. The number of aryl methyl sites for hydroxylation is 1. The van der Waals surface area contributed by atoms with E-state index in [0.717, 1.165) is 36.3 Å². The Kier molecular flexibility index (Phi) is 3.66. The summed E-state index contributed by atoms with van der Waals surface area (Å²) in [7, 11) is 1.81. The molecule has 4 nitrogen and oxygen atoms in total. The zero-order valence-corrected chi connectivity index (χ0v) is 12.2. The van der Waals surface area contributed by atoms with E-state index in [0.29, 0.717) is 12.1 Å². The number of ether oxygens (including phenoxy) is 1. The lowest BCUT2D eigenvalue weighted by Gasteiger charge is -2.28. The first-order chi connectivity index (χ1) is 9.28. The number of aromatic nitrogens is 2. The van der Waals surface area contributed by atoms with Crippen LogP contribution in [-0.2, 0) is 4.74 Å². The van der Waals surface area contributed by atoms with Gasteiger partial charge in [0.25, 0.3) is 0 Å². The van der Waals surface area contributed by atoms with Gasteiger partial charge in [-0.1, -0.05) is 0 Å². The summed E-state index contributed by atoms with van der Waals surface area (Å²) in [4.78, 5) is 9.82. The second-order valence-corrected chi connectivity index (χ2v) is 6.03. The van der Waals surface area contributed by atoms with Gasteiger partial charge in [-0.25, -0.2) is 9.97 Å². The predicted octanol–water partition coefficient (Wildman–Crippen LogP) is 3.37. The van der Waals surface area contributed by atoms with Crippen molar-refractivity contribution in [2.24, 2.45) is 0 Å². The molecule has 2 aromatic heterocycles. The molecule has 2 heterocycles. The summed E-state index contributed by atoms with van der Waals surface area (Å²) >= 11 is 1.68. The van der Waals surface area contributed by atoms with Crippen LogP contribution in [-0.4, -0.2) is 29.2 Å². The Bertz CT molecular complexity index is 561. The third-order valence-corrected chi connectivity index (χ3v) is 4.91. The molecule has 1 fully saturated rings. The molecule has 0 bridgehead atoms. The van der Waals surface area contributed by atoms with Gasteiger partial charge in [0, 0.05) is 13.2 Å². The SMILES string of the molecule is COC1CCC(Nc2ncnc3scc(C)c23)CC1. The predicted molar refractivity (Wildman–Crippen MR) is 78.8 cm³/mol. The van der Waals surface area contributed by atoms with Crippen molar-refractivity contribution in [2.45, 2.75) is 44.8 Å². The normalized spacial score (nSPS) is 23.7. The standard InChI is InChI=1S/C14H19N3OS/c1-9-7-19-14-12(9)13(15-8-16-14)17-10-3-5-11(18-2)6-4-10/h7-8,10-11H,3-6H2,1-2H3,(H,15,16,17). The number of nitrogens with zero attached hydrogens (tertiary/aromatic N) is 2. The third kappa shape index (κ3) is 2.58. The molecule has 0 aromatic carbocycles. The summed E-state index contributed by atoms with van der Waals surface area (Å²) < 4.78 is 5.41. The average Bonchev–Trinajstić information content (AvgIpc) is 2.83. The molecule has 5 heteroatoms. The zero-order chi connectivity index (χ0) is 13.2. The van der Waals surface area contributed by atoms with Crippen molar-refractivity contribution >= 4 is 27.4 Å². The molecule has 0 unspecified atom stereocenters. The second-order valence-electron chi connectivity index (χ2n) is 5.17. The maximum Gasteiger partial charge on any atom is 0.138 e. The summed E-state index contributed by atoms with van der Waals surface area (Å²) in [5, 5.41) is 6.92. The van der Waals surface area contributed by atoms with Gasteiger partial charge in [0.15, 0.2) is 0 Å². The molecule has 0 radical (unpaired) electrons. The van der Waals surface area contributed by atoms with E-state index in [1.54, 1.807) is 24.8 Å². The van der Waals surface area contributed by atoms with Crippen molar-refractivity contribution in [3.63, 3.8) is 0 Å². The fourth-order valence-corrected chi connectivity index (χ4v) is 3.65. The van der Waals surface area contributed by atoms with E-state index in [-0.39, 0.29) is 0 Å². The largest absolute Gasteiger partial charge is 0.381 e. The Balaban J connectivity index is 1.77. The summed E-state index contributed by atoms with van der Waals surface area (Å²) in [6.07, 6.45) is 6.64. The van der Waals surface area contributed by atoms with Gasteiger partial charge in [-0.2, -0.15) is 0 Å². The summed E-state index contributed by atoms with van der Waals surface area (Å²) in [5.74, 6) is 0.990. The first-order valence-electron chi connectivity index (χ1n) is 6.76. The molecule has 0 amide bonds. The lowest BCUT2D eigenvalue weighted by atomic mass is 9.93. The van der Waals surface area contributed by atoms with Gasteiger partial charge in [0.1, 0.15) is 17.0 Å². The lowest BCUT2D eigenvalue weighted by molar-refractivity contribution is 0.0681. The van der Waals surface area contributed by atoms with Crippen molar-refractivity contribution < 1.29 is 4.74 Å². The van der Waals surface area contributed by atoms with Crippen LogP contribution in [0.15, 0.2) is 11.7 Å². The van der Waals surface area contributed by atoms with Gasteiger partial charge >= 0.3 is 0 Å². The molecular weight excluding hydrogens is 258 g/mol. The van der Waals surface area contributed by atoms with Crippen molar-refractivity contribution in [2.75, 3.05) is 12.4 Å². The second kappa shape index (κ2) is 5.43. The number of rotatable bonds is 3. The van der Waals surface area contributed by atoms with Crippen molar-refractivity contribution in [1.29, 1.82) is 0 Å². The number of nitrogens with one attached hydrogen (secondary N) is 1. The minimum absolute atomic E-state index is 0.436. The molecule has 102 valence electrons. The zero-order valence-electron chi connectivity index (χ0n) is 11.3. The van der Waals surface area contributed by atoms with Crippen molar-refractivity contribution in [3.05, 3.63) is 17.3 Å². The van der Waals surface area contributed by atoms with Crippen LogP contribution >= 0.6 is 11.3 Å². The van der Waals surface area contributed by atoms with Crippen LogP contribution in [0.5, 0.6) is 0 Å². The lowest BCUT2D eigenvalue weighted by Crippen LogP contribution is -2.29. The number of hydrogen-bond donors (Lipinski definition) is 1. The molecule has 0 atom stereocenters. The van der Waals surface area contributed by atoms with Gasteiger partial charge in [-0.3, -0.25) is 0 Å². The van der Waals surface area contributed by atoms with E-state index < -0.39 is 0 Å². The Morgan fingerprint density at radius 3 is 2.79 bits per heavy atom. The van der Waals surface area contributed by atoms with E-state index in [2.05, 4.69) is 27.6 Å². The number of anilines is 1. The van der Waals surface area contributed by atoms with Gasteiger partial charge in [-0.05, 0) is 43.6 Å². The maximum absolute atomic E-state index is 5.41. The van der Waals surface area contributed by atoms with Gasteiger partial charge in [0.05, 0.1) is 11.5 Å². The third-order valence-electron chi connectivity index (χ3n) is 3.90. The molecular formula is C14H19N3OS. The molecule has 2 aromatic rings. The van der Waals surface area contributed by atoms with Crippen molar-refractivity contribution in [3.8, 4) is 0 Å². The van der Waals surface area contributed by atoms with E-state index >= 15 is 0 Å². The highest BCUT2D eigenvalue weighted by Gasteiger charge is 2.21. The molecule has 1 N–H and O–H groups in total. The topological polar surface area (TPSA) is 47.0 Å². The van der Waals surface area contributed by atoms with E-state index in [1.807, 2.05) is 0 Å². The van der Waals surface area contributed by atoms with Crippen LogP contribution in [0.3, 0.4) is 0 Å². The summed E-state index contributed by atoms with van der Waals surface area (Å²) in [6, 6.07) is 0.504. The van der Waals surface area contributed by atoms with Crippen LogP contribution in [0.4, 0.5) is 5.82 Å². The molecule has 19 heavy (non-hydrogen) atoms. The smallest absolute Gasteiger partial charge is 0.138 e. The van der Waals surface area contributed by atoms with Gasteiger partial charge in [0.2, 0.25) is 0 Å². The Morgan fingerprint density at radius 2 is 2.05 bits per heavy atom. The Morgan fingerprint density at radius 1 is 1.26 bits per heavy atom. The number of methoxy groups -OCH3 is 1. The first-order valence-corrected chi connectivity index (χ1v) is 7.64. The minimum Gasteiger partial charge on any atom is -0.381 e. The average molecular weight is 277 g/mol. The van der Waals surface area contributed by atoms with Crippen LogP contribution in [0.1, 0.15) is 31.2 Å². The molecule has 1 saturated carbocycles. The quantitative estimate of drug-likeness (QED) is 0.934. The minimum atomic E-state index is 0.436. The number of hydrogen-bond acceptors (Lipinski definition) is 5. The number of thiophene rings is 1. The fraction of sp³-hybridized carbons (Fsp3) is 0.571.